The second-order valence-corrected chi connectivity index (χ2v) is 3.96. The summed E-state index contributed by atoms with van der Waals surface area (Å²) in [6.45, 7) is 5.96. The molecule has 2 nitrogen and oxygen atoms in total. The molecule has 0 heterocycles. The van der Waals surface area contributed by atoms with Crippen LogP contribution in [0, 0.1) is 6.92 Å². The molecule has 0 amide bonds. The normalized spacial score (nSPS) is 9.40. The Bertz CT molecular complexity index is 85.7. The third-order valence-electron chi connectivity index (χ3n) is 0.609. The Balaban J connectivity index is 3.09. The Kier molecular flexibility index (Phi) is 7.40. The van der Waals surface area contributed by atoms with Gasteiger partial charge in [-0.05, 0) is 13.3 Å². The van der Waals surface area contributed by atoms with Crippen LogP contribution in [0.3, 0.4) is 0 Å². The van der Waals surface area contributed by atoms with E-state index in [9.17, 15) is 4.79 Å². The van der Waals surface area contributed by atoms with E-state index in [4.69, 9.17) is 4.74 Å². The smallest absolute Gasteiger partial charge is 0.378 e. The Morgan fingerprint density at radius 2 is 2.40 bits per heavy atom. The minimum atomic E-state index is -0.212. The van der Waals surface area contributed by atoms with Gasteiger partial charge in [0.05, 0.1) is 6.61 Å². The SMILES string of the molecule is [CH2]CCOC(=O)SSCC. The van der Waals surface area contributed by atoms with E-state index in [-0.39, 0.29) is 5.30 Å². The van der Waals surface area contributed by atoms with E-state index in [1.807, 2.05) is 6.92 Å². The highest BCUT2D eigenvalue weighted by atomic mass is 33.1. The molecule has 59 valence electrons. The minimum absolute atomic E-state index is 0.212. The first-order chi connectivity index (χ1) is 4.81. The summed E-state index contributed by atoms with van der Waals surface area (Å²) < 4.78 is 4.73. The number of hydrogen-bond acceptors (Lipinski definition) is 4. The molecule has 4 heteroatoms. The van der Waals surface area contributed by atoms with Crippen molar-refractivity contribution in [3.8, 4) is 0 Å². The lowest BCUT2D eigenvalue weighted by molar-refractivity contribution is 0.177. The van der Waals surface area contributed by atoms with Crippen molar-refractivity contribution in [1.29, 1.82) is 0 Å². The highest BCUT2D eigenvalue weighted by molar-refractivity contribution is 8.82. The van der Waals surface area contributed by atoms with Gasteiger partial charge in [0.15, 0.2) is 0 Å². The number of rotatable bonds is 4. The Hall–Kier alpha value is 0.170. The predicted molar refractivity (Wildman–Crippen MR) is 47.0 cm³/mol. The van der Waals surface area contributed by atoms with Gasteiger partial charge >= 0.3 is 5.30 Å². The average Bonchev–Trinajstić information content (AvgIpc) is 1.97. The standard InChI is InChI=1S/C6H11O2S2/c1-3-5-8-6(7)10-9-4-2/h1,3-5H2,2H3. The van der Waals surface area contributed by atoms with Gasteiger partial charge in [-0.1, -0.05) is 17.7 Å². The first kappa shape index (κ1) is 10.2. The zero-order valence-electron chi connectivity index (χ0n) is 5.96. The molecule has 0 aromatic heterocycles. The Morgan fingerprint density at radius 1 is 1.70 bits per heavy atom. The molecule has 0 saturated carbocycles. The van der Waals surface area contributed by atoms with E-state index in [1.165, 1.54) is 10.8 Å². The topological polar surface area (TPSA) is 26.3 Å². The number of carbonyl (C=O) groups excluding carboxylic acids is 1. The molecule has 0 aliphatic heterocycles. The number of ether oxygens (including phenoxy) is 1. The van der Waals surface area contributed by atoms with Gasteiger partial charge in [-0.3, -0.25) is 0 Å². The quantitative estimate of drug-likeness (QED) is 0.489. The first-order valence-electron chi connectivity index (χ1n) is 3.06. The molecule has 0 saturated heterocycles. The van der Waals surface area contributed by atoms with Gasteiger partial charge in [0, 0.05) is 16.5 Å². The highest BCUT2D eigenvalue weighted by Gasteiger charge is 2.00. The van der Waals surface area contributed by atoms with E-state index in [2.05, 4.69) is 6.92 Å². The fourth-order valence-corrected chi connectivity index (χ4v) is 1.42. The molecule has 1 radical (unpaired) electrons. The Labute approximate surface area is 69.5 Å². The van der Waals surface area contributed by atoms with Crippen LogP contribution in [-0.4, -0.2) is 17.7 Å². The van der Waals surface area contributed by atoms with Crippen LogP contribution in [0.1, 0.15) is 13.3 Å². The molecule has 0 aromatic carbocycles. The predicted octanol–water partition coefficient (Wildman–Crippen LogP) is 2.75. The van der Waals surface area contributed by atoms with Crippen LogP contribution in [0.2, 0.25) is 0 Å². The molecule has 0 fully saturated rings. The molecule has 0 aromatic rings. The maximum absolute atomic E-state index is 10.7. The first-order valence-corrected chi connectivity index (χ1v) is 5.38. The maximum atomic E-state index is 10.7. The van der Waals surface area contributed by atoms with Crippen molar-refractivity contribution in [1.82, 2.24) is 0 Å². The van der Waals surface area contributed by atoms with Crippen molar-refractivity contribution in [2.24, 2.45) is 0 Å². The summed E-state index contributed by atoms with van der Waals surface area (Å²) >= 11 is 0. The van der Waals surface area contributed by atoms with Gasteiger partial charge in [-0.15, -0.1) is 0 Å². The maximum Gasteiger partial charge on any atom is 0.378 e. The molecule has 0 bridgehead atoms. The molecule has 0 rings (SSSR count). The lowest BCUT2D eigenvalue weighted by atomic mass is 10.5. The molecule has 0 aliphatic rings. The van der Waals surface area contributed by atoms with Crippen LogP contribution in [0.5, 0.6) is 0 Å². The summed E-state index contributed by atoms with van der Waals surface area (Å²) in [7, 11) is 2.63. The van der Waals surface area contributed by atoms with Crippen LogP contribution >= 0.6 is 21.6 Å². The number of hydrogen-bond donors (Lipinski definition) is 0. The van der Waals surface area contributed by atoms with E-state index in [1.54, 1.807) is 0 Å². The van der Waals surface area contributed by atoms with Crippen LogP contribution in [0.4, 0.5) is 4.79 Å². The lowest BCUT2D eigenvalue weighted by Crippen LogP contribution is -1.96. The molecule has 0 aliphatic carbocycles. The van der Waals surface area contributed by atoms with E-state index < -0.39 is 0 Å². The average molecular weight is 179 g/mol. The second-order valence-electron chi connectivity index (χ2n) is 1.44. The van der Waals surface area contributed by atoms with Crippen molar-refractivity contribution >= 4 is 26.9 Å². The largest absolute Gasteiger partial charge is 0.457 e. The fourth-order valence-electron chi connectivity index (χ4n) is 0.287. The van der Waals surface area contributed by atoms with Crippen LogP contribution in [0.25, 0.3) is 0 Å². The van der Waals surface area contributed by atoms with E-state index in [0.717, 1.165) is 16.5 Å². The van der Waals surface area contributed by atoms with E-state index >= 15 is 0 Å². The minimum Gasteiger partial charge on any atom is -0.457 e. The highest BCUT2D eigenvalue weighted by Crippen LogP contribution is 2.22. The zero-order valence-corrected chi connectivity index (χ0v) is 7.59. The zero-order chi connectivity index (χ0) is 7.82. The molecule has 0 spiro atoms. The third kappa shape index (κ3) is 6.29. The molecule has 0 atom stereocenters. The van der Waals surface area contributed by atoms with Crippen molar-refractivity contribution in [3.63, 3.8) is 0 Å². The Morgan fingerprint density at radius 3 is 2.90 bits per heavy atom. The van der Waals surface area contributed by atoms with Gasteiger partial charge in [-0.2, -0.15) is 0 Å². The third-order valence-corrected chi connectivity index (χ3v) is 2.69. The van der Waals surface area contributed by atoms with Crippen molar-refractivity contribution in [2.45, 2.75) is 13.3 Å². The van der Waals surface area contributed by atoms with Gasteiger partial charge in [0.2, 0.25) is 0 Å². The van der Waals surface area contributed by atoms with Crippen LogP contribution in [0.15, 0.2) is 0 Å². The van der Waals surface area contributed by atoms with Crippen LogP contribution < -0.4 is 0 Å². The van der Waals surface area contributed by atoms with Crippen LogP contribution in [-0.2, 0) is 4.74 Å². The van der Waals surface area contributed by atoms with Gasteiger partial charge in [-0.25, -0.2) is 4.79 Å². The molecule has 0 unspecified atom stereocenters. The molecule has 0 N–H and O–H groups in total. The van der Waals surface area contributed by atoms with Gasteiger partial charge in [0.1, 0.15) is 0 Å². The van der Waals surface area contributed by atoms with Gasteiger partial charge < -0.3 is 4.74 Å². The monoisotopic (exact) mass is 179 g/mol. The summed E-state index contributed by atoms with van der Waals surface area (Å²) in [5, 5.41) is -0.212. The van der Waals surface area contributed by atoms with E-state index in [0.29, 0.717) is 13.0 Å². The molecule has 10 heavy (non-hydrogen) atoms. The van der Waals surface area contributed by atoms with Crippen molar-refractivity contribution in [3.05, 3.63) is 6.92 Å². The second kappa shape index (κ2) is 7.28. The van der Waals surface area contributed by atoms with Crippen molar-refractivity contribution in [2.75, 3.05) is 12.4 Å². The molecular formula is C6H11O2S2. The lowest BCUT2D eigenvalue weighted by Gasteiger charge is -1.98. The summed E-state index contributed by atoms with van der Waals surface area (Å²) in [6.07, 6.45) is 0.642. The van der Waals surface area contributed by atoms with Crippen molar-refractivity contribution < 1.29 is 9.53 Å². The number of carbonyl (C=O) groups is 1. The summed E-state index contributed by atoms with van der Waals surface area (Å²) in [6, 6.07) is 0. The molecular weight excluding hydrogens is 168 g/mol. The summed E-state index contributed by atoms with van der Waals surface area (Å²) in [4.78, 5) is 10.7. The van der Waals surface area contributed by atoms with Gasteiger partial charge in [0.25, 0.3) is 0 Å². The fraction of sp³-hybridized carbons (Fsp3) is 0.667. The summed E-state index contributed by atoms with van der Waals surface area (Å²) in [5.41, 5.74) is 0. The summed E-state index contributed by atoms with van der Waals surface area (Å²) in [5.74, 6) is 0.921.